The molecule has 0 spiro atoms. The Morgan fingerprint density at radius 1 is 1.09 bits per heavy atom. The summed E-state index contributed by atoms with van der Waals surface area (Å²) in [4.78, 5) is 22.8. The van der Waals surface area contributed by atoms with E-state index < -0.39 is 11.3 Å². The highest BCUT2D eigenvalue weighted by Crippen LogP contribution is 2.15. The maximum absolute atomic E-state index is 11.8. The third kappa shape index (κ3) is 4.60. The summed E-state index contributed by atoms with van der Waals surface area (Å²) in [6.45, 7) is 2.06. The first-order valence-electron chi connectivity index (χ1n) is 6.83. The number of ether oxygens (including phenoxy) is 1. The molecule has 114 valence electrons. The van der Waals surface area contributed by atoms with Crippen LogP contribution in [0.3, 0.4) is 0 Å². The second-order valence-corrected chi connectivity index (χ2v) is 5.17. The molecule has 4 nitrogen and oxygen atoms in total. The highest BCUT2D eigenvalue weighted by Gasteiger charge is 2.11. The Hall–Kier alpha value is -2.33. The van der Waals surface area contributed by atoms with Gasteiger partial charge in [-0.1, -0.05) is 42.5 Å². The molecule has 0 bridgehead atoms. The van der Waals surface area contributed by atoms with Gasteiger partial charge in [0.1, 0.15) is 6.61 Å². The number of hydrogen-bond acceptors (Lipinski definition) is 3. The fraction of sp³-hybridized carbons (Fsp3) is 0.176. The molecule has 0 aromatic heterocycles. The van der Waals surface area contributed by atoms with Crippen LogP contribution in [0.4, 0.5) is 4.79 Å². The maximum atomic E-state index is 11.8. The topological polar surface area (TPSA) is 55.4 Å². The first-order valence-corrected chi connectivity index (χ1v) is 7.21. The molecule has 22 heavy (non-hydrogen) atoms. The quantitative estimate of drug-likeness (QED) is 0.846. The molecule has 1 N–H and O–H groups in total. The van der Waals surface area contributed by atoms with Crippen molar-refractivity contribution in [3.8, 4) is 0 Å². The molecule has 0 radical (unpaired) electrons. The van der Waals surface area contributed by atoms with E-state index in [0.717, 1.165) is 11.1 Å². The Kier molecular flexibility index (Phi) is 5.55. The Morgan fingerprint density at radius 2 is 1.73 bits per heavy atom. The van der Waals surface area contributed by atoms with Crippen LogP contribution in [0.2, 0.25) is 0 Å². The lowest BCUT2D eigenvalue weighted by Gasteiger charge is -2.14. The second-order valence-electron chi connectivity index (χ2n) is 4.82. The van der Waals surface area contributed by atoms with Crippen LogP contribution in [0.1, 0.15) is 34.5 Å². The molecule has 0 fully saturated rings. The molecule has 0 aliphatic rings. The van der Waals surface area contributed by atoms with Gasteiger partial charge in [-0.15, -0.1) is 0 Å². The van der Waals surface area contributed by atoms with Gasteiger partial charge in [-0.2, -0.15) is 0 Å². The predicted molar refractivity (Wildman–Crippen MR) is 84.8 cm³/mol. The average molecular weight is 318 g/mol. The molecule has 1 unspecified atom stereocenters. The maximum Gasteiger partial charge on any atom is 0.407 e. The zero-order valence-electron chi connectivity index (χ0n) is 12.1. The third-order valence-electron chi connectivity index (χ3n) is 3.18. The summed E-state index contributed by atoms with van der Waals surface area (Å²) in [5, 5.41) is 2.23. The van der Waals surface area contributed by atoms with Crippen LogP contribution >= 0.6 is 11.6 Å². The van der Waals surface area contributed by atoms with Crippen LogP contribution < -0.4 is 5.32 Å². The molecule has 1 amide bonds. The predicted octanol–water partition coefficient (Wildman–Crippen LogP) is 4.05. The lowest BCUT2D eigenvalue weighted by Crippen LogP contribution is -2.27. The van der Waals surface area contributed by atoms with Crippen LogP contribution in [-0.4, -0.2) is 11.3 Å². The largest absolute Gasteiger partial charge is 0.445 e. The van der Waals surface area contributed by atoms with Crippen molar-refractivity contribution in [2.45, 2.75) is 19.6 Å². The van der Waals surface area contributed by atoms with Crippen LogP contribution in [-0.2, 0) is 11.3 Å². The Bertz CT molecular complexity index is 641. The number of alkyl carbamates (subject to hydrolysis) is 1. The van der Waals surface area contributed by atoms with Gasteiger partial charge in [0.15, 0.2) is 0 Å². The summed E-state index contributed by atoms with van der Waals surface area (Å²) >= 11 is 5.39. The zero-order valence-corrected chi connectivity index (χ0v) is 12.8. The smallest absolute Gasteiger partial charge is 0.407 e. The van der Waals surface area contributed by atoms with E-state index in [2.05, 4.69) is 5.32 Å². The normalized spacial score (nSPS) is 11.5. The molecule has 1 atom stereocenters. The molecule has 0 aliphatic carbocycles. The van der Waals surface area contributed by atoms with Gasteiger partial charge in [-0.25, -0.2) is 4.79 Å². The number of carbonyl (C=O) groups excluding carboxylic acids is 2. The van der Waals surface area contributed by atoms with Crippen molar-refractivity contribution in [1.29, 1.82) is 0 Å². The van der Waals surface area contributed by atoms with Crippen LogP contribution in [0.15, 0.2) is 54.6 Å². The second kappa shape index (κ2) is 7.61. The summed E-state index contributed by atoms with van der Waals surface area (Å²) in [6, 6.07) is 16.0. The monoisotopic (exact) mass is 317 g/mol. The molecule has 0 saturated heterocycles. The van der Waals surface area contributed by atoms with E-state index in [1.165, 1.54) is 0 Å². The van der Waals surface area contributed by atoms with Crippen LogP contribution in [0.25, 0.3) is 0 Å². The fourth-order valence-electron chi connectivity index (χ4n) is 1.93. The van der Waals surface area contributed by atoms with E-state index in [-0.39, 0.29) is 12.6 Å². The minimum Gasteiger partial charge on any atom is -0.445 e. The number of hydrogen-bond donors (Lipinski definition) is 1. The van der Waals surface area contributed by atoms with Gasteiger partial charge in [-0.05, 0) is 41.8 Å². The van der Waals surface area contributed by atoms with Gasteiger partial charge < -0.3 is 10.1 Å². The number of amides is 1. The standard InChI is InChI=1S/C17H16ClNO3/c1-12(14-7-9-15(10-8-14)16(18)20)19-17(21)22-11-13-5-3-2-4-6-13/h2-10,12H,11H2,1H3,(H,19,21). The van der Waals surface area contributed by atoms with Crippen molar-refractivity contribution in [2.75, 3.05) is 0 Å². The van der Waals surface area contributed by atoms with Crippen molar-refractivity contribution in [1.82, 2.24) is 5.32 Å². The first-order chi connectivity index (χ1) is 10.6. The SMILES string of the molecule is CC(NC(=O)OCc1ccccc1)c1ccc(C(=O)Cl)cc1. The van der Waals surface area contributed by atoms with E-state index in [1.807, 2.05) is 37.3 Å². The van der Waals surface area contributed by atoms with Gasteiger partial charge in [-0.3, -0.25) is 4.79 Å². The molecule has 0 aliphatic heterocycles. The van der Waals surface area contributed by atoms with E-state index in [1.54, 1.807) is 24.3 Å². The number of halogens is 1. The van der Waals surface area contributed by atoms with Crippen molar-refractivity contribution in [2.24, 2.45) is 0 Å². The Morgan fingerprint density at radius 3 is 2.32 bits per heavy atom. The van der Waals surface area contributed by atoms with Crippen molar-refractivity contribution < 1.29 is 14.3 Å². The summed E-state index contributed by atoms with van der Waals surface area (Å²) in [6.07, 6.45) is -0.492. The minimum absolute atomic E-state index is 0.221. The summed E-state index contributed by atoms with van der Waals surface area (Å²) in [7, 11) is 0. The molecule has 2 rings (SSSR count). The van der Waals surface area contributed by atoms with E-state index in [4.69, 9.17) is 16.3 Å². The first kappa shape index (κ1) is 16.0. The lowest BCUT2D eigenvalue weighted by atomic mass is 10.1. The molecule has 2 aromatic rings. The molecule has 0 saturated carbocycles. The Balaban J connectivity index is 1.86. The molecule has 5 heteroatoms. The Labute approximate surface area is 134 Å². The summed E-state index contributed by atoms with van der Waals surface area (Å²) < 4.78 is 5.16. The summed E-state index contributed by atoms with van der Waals surface area (Å²) in [5.74, 6) is 0. The summed E-state index contributed by atoms with van der Waals surface area (Å²) in [5.41, 5.74) is 2.21. The zero-order chi connectivity index (χ0) is 15.9. The van der Waals surface area contributed by atoms with Gasteiger partial charge in [0, 0.05) is 5.56 Å². The van der Waals surface area contributed by atoms with E-state index in [9.17, 15) is 9.59 Å². The number of nitrogens with one attached hydrogen (secondary N) is 1. The minimum atomic E-state index is -0.505. The number of benzene rings is 2. The molecular formula is C17H16ClNO3. The number of carbonyl (C=O) groups is 2. The van der Waals surface area contributed by atoms with Gasteiger partial charge in [0.2, 0.25) is 0 Å². The molecule has 0 heterocycles. The number of rotatable bonds is 5. The third-order valence-corrected chi connectivity index (χ3v) is 3.40. The average Bonchev–Trinajstić information content (AvgIpc) is 2.54. The van der Waals surface area contributed by atoms with Gasteiger partial charge in [0.25, 0.3) is 5.24 Å². The lowest BCUT2D eigenvalue weighted by molar-refractivity contribution is 0.108. The van der Waals surface area contributed by atoms with E-state index in [0.29, 0.717) is 5.56 Å². The van der Waals surface area contributed by atoms with Crippen molar-refractivity contribution in [3.05, 3.63) is 71.3 Å². The molecular weight excluding hydrogens is 302 g/mol. The van der Waals surface area contributed by atoms with E-state index >= 15 is 0 Å². The van der Waals surface area contributed by atoms with Gasteiger partial charge >= 0.3 is 6.09 Å². The van der Waals surface area contributed by atoms with Crippen molar-refractivity contribution >= 4 is 22.9 Å². The highest BCUT2D eigenvalue weighted by molar-refractivity contribution is 6.67. The molecule has 2 aromatic carbocycles. The highest BCUT2D eigenvalue weighted by atomic mass is 35.5. The van der Waals surface area contributed by atoms with Crippen LogP contribution in [0, 0.1) is 0 Å². The van der Waals surface area contributed by atoms with Crippen LogP contribution in [0.5, 0.6) is 0 Å². The van der Waals surface area contributed by atoms with Gasteiger partial charge in [0.05, 0.1) is 6.04 Å². The fourth-order valence-corrected chi connectivity index (χ4v) is 2.05. The van der Waals surface area contributed by atoms with Crippen molar-refractivity contribution in [3.63, 3.8) is 0 Å².